The second-order valence-corrected chi connectivity index (χ2v) is 6.94. The van der Waals surface area contributed by atoms with Crippen LogP contribution < -0.4 is 4.90 Å². The Morgan fingerprint density at radius 1 is 0.964 bits per heavy atom. The number of anilines is 1. The van der Waals surface area contributed by atoms with Crippen molar-refractivity contribution in [2.24, 2.45) is 0 Å². The van der Waals surface area contributed by atoms with Gasteiger partial charge >= 0.3 is 6.18 Å². The quantitative estimate of drug-likeness (QED) is 0.864. The minimum Gasteiger partial charge on any atom is -0.387 e. The minimum atomic E-state index is -4.37. The summed E-state index contributed by atoms with van der Waals surface area (Å²) in [5, 5.41) is 19.3. The normalized spacial score (nSPS) is 17.0. The summed E-state index contributed by atoms with van der Waals surface area (Å²) < 4.78 is 38.0. The third kappa shape index (κ3) is 5.03. The van der Waals surface area contributed by atoms with Crippen molar-refractivity contribution in [2.75, 3.05) is 37.6 Å². The van der Waals surface area contributed by atoms with Crippen LogP contribution in [-0.2, 0) is 6.18 Å². The summed E-state index contributed by atoms with van der Waals surface area (Å²) in [6, 6.07) is 14.3. The Bertz CT molecular complexity index is 813. The van der Waals surface area contributed by atoms with Gasteiger partial charge in [-0.2, -0.15) is 18.4 Å². The topological polar surface area (TPSA) is 50.5 Å². The lowest BCUT2D eigenvalue weighted by Crippen LogP contribution is -2.33. The lowest BCUT2D eigenvalue weighted by Gasteiger charge is -2.25. The Morgan fingerprint density at radius 2 is 1.64 bits per heavy atom. The van der Waals surface area contributed by atoms with Crippen molar-refractivity contribution in [3.8, 4) is 6.07 Å². The van der Waals surface area contributed by atoms with Gasteiger partial charge in [0.05, 0.1) is 23.3 Å². The second kappa shape index (κ2) is 8.63. The highest BCUT2D eigenvalue weighted by molar-refractivity contribution is 5.49. The van der Waals surface area contributed by atoms with Crippen molar-refractivity contribution >= 4 is 5.69 Å². The van der Waals surface area contributed by atoms with E-state index in [4.69, 9.17) is 5.26 Å². The van der Waals surface area contributed by atoms with E-state index < -0.39 is 17.8 Å². The lowest BCUT2D eigenvalue weighted by atomic mass is 10.1. The predicted octanol–water partition coefficient (Wildman–Crippen LogP) is 3.82. The number of aliphatic hydroxyl groups excluding tert-OH is 1. The fourth-order valence-electron chi connectivity index (χ4n) is 3.40. The van der Waals surface area contributed by atoms with Crippen molar-refractivity contribution in [3.05, 3.63) is 65.2 Å². The number of halogens is 3. The molecule has 0 radical (unpaired) electrons. The Hall–Kier alpha value is -2.56. The number of nitrogens with zero attached hydrogens (tertiary/aromatic N) is 3. The van der Waals surface area contributed by atoms with Crippen molar-refractivity contribution in [3.63, 3.8) is 0 Å². The maximum absolute atomic E-state index is 12.7. The monoisotopic (exact) mass is 389 g/mol. The minimum absolute atomic E-state index is 0.382. The van der Waals surface area contributed by atoms with Crippen molar-refractivity contribution in [2.45, 2.75) is 18.7 Å². The van der Waals surface area contributed by atoms with Gasteiger partial charge in [0.25, 0.3) is 0 Å². The van der Waals surface area contributed by atoms with Gasteiger partial charge in [-0.05, 0) is 48.4 Å². The van der Waals surface area contributed by atoms with Crippen molar-refractivity contribution < 1.29 is 18.3 Å². The van der Waals surface area contributed by atoms with Crippen LogP contribution in [0, 0.1) is 11.3 Å². The smallest absolute Gasteiger partial charge is 0.387 e. The zero-order chi connectivity index (χ0) is 20.1. The molecular formula is C21H22F3N3O. The molecule has 1 N–H and O–H groups in total. The molecule has 1 aliphatic rings. The van der Waals surface area contributed by atoms with Gasteiger partial charge in [-0.25, -0.2) is 0 Å². The molecule has 1 saturated heterocycles. The average molecular weight is 389 g/mol. The maximum atomic E-state index is 12.7. The van der Waals surface area contributed by atoms with E-state index in [1.165, 1.54) is 12.1 Å². The molecule has 4 nitrogen and oxygen atoms in total. The Morgan fingerprint density at radius 3 is 2.25 bits per heavy atom. The van der Waals surface area contributed by atoms with Crippen LogP contribution in [0.2, 0.25) is 0 Å². The molecule has 1 heterocycles. The summed E-state index contributed by atoms with van der Waals surface area (Å²) in [7, 11) is 0. The molecule has 0 amide bonds. The Labute approximate surface area is 162 Å². The Kier molecular flexibility index (Phi) is 6.22. The van der Waals surface area contributed by atoms with Gasteiger partial charge in [0.1, 0.15) is 0 Å². The van der Waals surface area contributed by atoms with Gasteiger partial charge in [-0.15, -0.1) is 0 Å². The molecule has 3 rings (SSSR count). The van der Waals surface area contributed by atoms with Crippen molar-refractivity contribution in [1.82, 2.24) is 4.90 Å². The standard InChI is InChI=1S/C21H22F3N3O/c22-21(23,24)18-6-4-17(5-7-18)20(28)15-26-10-1-11-27(13-12-26)19-8-2-16(14-25)3-9-19/h2-9,20,28H,1,10-13,15H2. The number of hydrogen-bond donors (Lipinski definition) is 1. The lowest BCUT2D eigenvalue weighted by molar-refractivity contribution is -0.137. The maximum Gasteiger partial charge on any atom is 0.416 e. The number of rotatable bonds is 4. The first kappa shape index (κ1) is 20.2. The molecule has 1 aliphatic heterocycles. The van der Waals surface area contributed by atoms with E-state index in [0.29, 0.717) is 17.7 Å². The highest BCUT2D eigenvalue weighted by Crippen LogP contribution is 2.30. The van der Waals surface area contributed by atoms with E-state index in [1.54, 1.807) is 12.1 Å². The number of nitriles is 1. The molecule has 2 aromatic carbocycles. The van der Waals surface area contributed by atoms with Crippen molar-refractivity contribution in [1.29, 1.82) is 5.26 Å². The van der Waals surface area contributed by atoms with E-state index in [1.807, 2.05) is 12.1 Å². The number of alkyl halides is 3. The summed E-state index contributed by atoms with van der Waals surface area (Å²) >= 11 is 0. The van der Waals surface area contributed by atoms with Gasteiger partial charge < -0.3 is 10.0 Å². The van der Waals surface area contributed by atoms with Crippen LogP contribution in [0.4, 0.5) is 18.9 Å². The molecule has 28 heavy (non-hydrogen) atoms. The van der Waals surface area contributed by atoms with Gasteiger partial charge in [0.2, 0.25) is 0 Å². The zero-order valence-electron chi connectivity index (χ0n) is 15.4. The molecule has 0 aliphatic carbocycles. The van der Waals surface area contributed by atoms with Crippen LogP contribution >= 0.6 is 0 Å². The highest BCUT2D eigenvalue weighted by Gasteiger charge is 2.30. The third-order valence-electron chi connectivity index (χ3n) is 5.00. The first-order valence-electron chi connectivity index (χ1n) is 9.19. The summed E-state index contributed by atoms with van der Waals surface area (Å²) in [6.07, 6.45) is -4.29. The largest absolute Gasteiger partial charge is 0.416 e. The average Bonchev–Trinajstić information content (AvgIpc) is 2.93. The third-order valence-corrected chi connectivity index (χ3v) is 5.00. The SMILES string of the molecule is N#Cc1ccc(N2CCCN(CC(O)c3ccc(C(F)(F)F)cc3)CC2)cc1. The highest BCUT2D eigenvalue weighted by atomic mass is 19.4. The first-order valence-corrected chi connectivity index (χ1v) is 9.19. The van der Waals surface area contributed by atoms with Crippen LogP contribution in [0.1, 0.15) is 29.2 Å². The molecule has 1 atom stereocenters. The fraction of sp³-hybridized carbons (Fsp3) is 0.381. The zero-order valence-corrected chi connectivity index (χ0v) is 15.4. The summed E-state index contributed by atoms with van der Waals surface area (Å²) in [4.78, 5) is 4.37. The molecule has 1 unspecified atom stereocenters. The van der Waals surface area contributed by atoms with E-state index in [2.05, 4.69) is 15.9 Å². The molecule has 0 bridgehead atoms. The molecule has 7 heteroatoms. The second-order valence-electron chi connectivity index (χ2n) is 6.94. The first-order chi connectivity index (χ1) is 13.4. The molecule has 1 fully saturated rings. The molecule has 2 aromatic rings. The predicted molar refractivity (Wildman–Crippen MR) is 101 cm³/mol. The number of benzene rings is 2. The van der Waals surface area contributed by atoms with E-state index in [-0.39, 0.29) is 0 Å². The van der Waals surface area contributed by atoms with Gasteiger partial charge in [-0.3, -0.25) is 4.90 Å². The van der Waals surface area contributed by atoms with E-state index >= 15 is 0 Å². The summed E-state index contributed by atoms with van der Waals surface area (Å²) in [6.45, 7) is 3.60. The summed E-state index contributed by atoms with van der Waals surface area (Å²) in [5.41, 5.74) is 1.46. The number of β-amino-alcohol motifs (C(OH)–C–C–N with tert-alkyl or cyclic N) is 1. The van der Waals surface area contributed by atoms with Crippen LogP contribution in [0.25, 0.3) is 0 Å². The molecule has 0 saturated carbocycles. The fourth-order valence-corrected chi connectivity index (χ4v) is 3.40. The van der Waals surface area contributed by atoms with Crippen LogP contribution in [0.15, 0.2) is 48.5 Å². The van der Waals surface area contributed by atoms with Crippen LogP contribution in [0.3, 0.4) is 0 Å². The van der Waals surface area contributed by atoms with Gasteiger partial charge in [0, 0.05) is 38.4 Å². The van der Waals surface area contributed by atoms with E-state index in [0.717, 1.165) is 50.4 Å². The van der Waals surface area contributed by atoms with Crippen LogP contribution in [-0.4, -0.2) is 42.7 Å². The van der Waals surface area contributed by atoms with E-state index in [9.17, 15) is 18.3 Å². The molecule has 148 valence electrons. The molecule has 0 aromatic heterocycles. The Balaban J connectivity index is 1.57. The van der Waals surface area contributed by atoms with Gasteiger partial charge in [0.15, 0.2) is 0 Å². The van der Waals surface area contributed by atoms with Gasteiger partial charge in [-0.1, -0.05) is 12.1 Å². The van der Waals surface area contributed by atoms with Crippen LogP contribution in [0.5, 0.6) is 0 Å². The summed E-state index contributed by atoms with van der Waals surface area (Å²) in [5.74, 6) is 0. The number of hydrogen-bond acceptors (Lipinski definition) is 4. The molecule has 0 spiro atoms. The number of aliphatic hydroxyl groups is 1. The molecular weight excluding hydrogens is 367 g/mol.